The number of nitrogens with one attached hydrogen (secondary N) is 2. The van der Waals surface area contributed by atoms with Crippen molar-refractivity contribution in [3.63, 3.8) is 0 Å². The standard InChI is InChI=1S/C21H18ClN3O3/c1-13-5-3-4-6-18(13)25-21(27)15-9-14(11-23-12-15)20(26)24-16-7-8-19(28-2)17(22)10-16/h3-12H,1-2H3,(H,24,26)(H,25,27). The van der Waals surface area contributed by atoms with E-state index in [0.29, 0.717) is 22.1 Å². The number of pyridine rings is 1. The number of para-hydroxylation sites is 1. The number of hydrogen-bond acceptors (Lipinski definition) is 4. The number of rotatable bonds is 5. The predicted molar refractivity (Wildman–Crippen MR) is 109 cm³/mol. The Morgan fingerprint density at radius 3 is 2.29 bits per heavy atom. The van der Waals surface area contributed by atoms with Crippen molar-refractivity contribution in [1.82, 2.24) is 4.98 Å². The molecule has 0 unspecified atom stereocenters. The quantitative estimate of drug-likeness (QED) is 0.663. The highest BCUT2D eigenvalue weighted by Gasteiger charge is 2.13. The van der Waals surface area contributed by atoms with Crippen LogP contribution < -0.4 is 15.4 Å². The van der Waals surface area contributed by atoms with E-state index in [4.69, 9.17) is 16.3 Å². The first-order valence-corrected chi connectivity index (χ1v) is 8.82. The molecule has 0 radical (unpaired) electrons. The van der Waals surface area contributed by atoms with E-state index in [1.54, 1.807) is 18.2 Å². The van der Waals surface area contributed by atoms with E-state index in [0.717, 1.165) is 5.56 Å². The molecule has 2 N–H and O–H groups in total. The number of benzene rings is 2. The lowest BCUT2D eigenvalue weighted by atomic mass is 10.1. The summed E-state index contributed by atoms with van der Waals surface area (Å²) in [4.78, 5) is 29.0. The van der Waals surface area contributed by atoms with Gasteiger partial charge in [0.15, 0.2) is 0 Å². The Hall–Kier alpha value is -3.38. The van der Waals surface area contributed by atoms with Crippen LogP contribution in [0.2, 0.25) is 5.02 Å². The van der Waals surface area contributed by atoms with E-state index in [2.05, 4.69) is 15.6 Å². The van der Waals surface area contributed by atoms with Crippen LogP contribution in [0.5, 0.6) is 5.75 Å². The Bertz CT molecular complexity index is 1040. The first kappa shape index (κ1) is 19.4. The number of hydrogen-bond donors (Lipinski definition) is 2. The highest BCUT2D eigenvalue weighted by atomic mass is 35.5. The van der Waals surface area contributed by atoms with Crippen LogP contribution >= 0.6 is 11.6 Å². The minimum absolute atomic E-state index is 0.254. The molecule has 3 aromatic rings. The van der Waals surface area contributed by atoms with Crippen LogP contribution in [-0.2, 0) is 0 Å². The normalized spacial score (nSPS) is 10.2. The van der Waals surface area contributed by atoms with E-state index in [1.807, 2.05) is 31.2 Å². The van der Waals surface area contributed by atoms with Gasteiger partial charge in [-0.3, -0.25) is 14.6 Å². The molecule has 6 nitrogen and oxygen atoms in total. The predicted octanol–water partition coefficient (Wildman–Crippen LogP) is 4.56. The number of carbonyl (C=O) groups excluding carboxylic acids is 2. The van der Waals surface area contributed by atoms with Gasteiger partial charge in [0, 0.05) is 23.8 Å². The fourth-order valence-electron chi connectivity index (χ4n) is 2.54. The lowest BCUT2D eigenvalue weighted by Crippen LogP contribution is -2.16. The molecule has 0 fully saturated rings. The number of amides is 2. The molecule has 7 heteroatoms. The minimum atomic E-state index is -0.403. The first-order valence-electron chi connectivity index (χ1n) is 8.45. The number of methoxy groups -OCH3 is 1. The molecule has 28 heavy (non-hydrogen) atoms. The summed E-state index contributed by atoms with van der Waals surface area (Å²) in [5.41, 5.74) is 2.68. The van der Waals surface area contributed by atoms with Crippen LogP contribution in [-0.4, -0.2) is 23.9 Å². The Kier molecular flexibility index (Phi) is 5.91. The van der Waals surface area contributed by atoms with Crippen molar-refractivity contribution in [2.75, 3.05) is 17.7 Å². The maximum Gasteiger partial charge on any atom is 0.257 e. The summed E-state index contributed by atoms with van der Waals surface area (Å²) in [7, 11) is 1.51. The molecule has 0 spiro atoms. The highest BCUT2D eigenvalue weighted by Crippen LogP contribution is 2.27. The van der Waals surface area contributed by atoms with Gasteiger partial charge < -0.3 is 15.4 Å². The molecule has 1 heterocycles. The molecule has 3 rings (SSSR count). The van der Waals surface area contributed by atoms with E-state index in [1.165, 1.54) is 25.6 Å². The summed E-state index contributed by atoms with van der Waals surface area (Å²) in [5.74, 6) is -0.237. The maximum atomic E-state index is 12.5. The van der Waals surface area contributed by atoms with E-state index >= 15 is 0 Å². The van der Waals surface area contributed by atoms with Crippen molar-refractivity contribution in [3.8, 4) is 5.75 Å². The van der Waals surface area contributed by atoms with Gasteiger partial charge in [-0.05, 0) is 42.8 Å². The average Bonchev–Trinajstić information content (AvgIpc) is 2.70. The number of halogens is 1. The van der Waals surface area contributed by atoms with Gasteiger partial charge in [-0.2, -0.15) is 0 Å². The van der Waals surface area contributed by atoms with Gasteiger partial charge in [-0.25, -0.2) is 0 Å². The second-order valence-corrected chi connectivity index (χ2v) is 6.44. The second-order valence-electron chi connectivity index (χ2n) is 6.03. The second kappa shape index (κ2) is 8.54. The zero-order valence-corrected chi connectivity index (χ0v) is 16.1. The third-order valence-electron chi connectivity index (χ3n) is 4.07. The maximum absolute atomic E-state index is 12.5. The average molecular weight is 396 g/mol. The smallest absolute Gasteiger partial charge is 0.257 e. The van der Waals surface area contributed by atoms with Crippen LogP contribution in [0.4, 0.5) is 11.4 Å². The molecule has 0 bridgehead atoms. The molecule has 2 aromatic carbocycles. The van der Waals surface area contributed by atoms with Gasteiger partial charge in [0.25, 0.3) is 11.8 Å². The molecule has 0 atom stereocenters. The third-order valence-corrected chi connectivity index (χ3v) is 4.36. The molecule has 0 aliphatic heterocycles. The summed E-state index contributed by atoms with van der Waals surface area (Å²) >= 11 is 6.07. The van der Waals surface area contributed by atoms with Crippen LogP contribution in [0, 0.1) is 6.92 Å². The van der Waals surface area contributed by atoms with Gasteiger partial charge in [-0.1, -0.05) is 29.8 Å². The van der Waals surface area contributed by atoms with Crippen LogP contribution in [0.15, 0.2) is 60.9 Å². The van der Waals surface area contributed by atoms with Gasteiger partial charge >= 0.3 is 0 Å². The molecular weight excluding hydrogens is 378 g/mol. The van der Waals surface area contributed by atoms with Crippen molar-refractivity contribution >= 4 is 34.8 Å². The lowest BCUT2D eigenvalue weighted by Gasteiger charge is -2.10. The largest absolute Gasteiger partial charge is 0.495 e. The van der Waals surface area contributed by atoms with Crippen molar-refractivity contribution in [2.45, 2.75) is 6.92 Å². The summed E-state index contributed by atoms with van der Waals surface area (Å²) in [6, 6.07) is 13.8. The van der Waals surface area contributed by atoms with Crippen molar-refractivity contribution < 1.29 is 14.3 Å². The van der Waals surface area contributed by atoms with Crippen LogP contribution in [0.25, 0.3) is 0 Å². The Morgan fingerprint density at radius 1 is 0.964 bits per heavy atom. The van der Waals surface area contributed by atoms with Gasteiger partial charge in [0.2, 0.25) is 0 Å². The minimum Gasteiger partial charge on any atom is -0.495 e. The summed E-state index contributed by atoms with van der Waals surface area (Å²) < 4.78 is 5.09. The summed E-state index contributed by atoms with van der Waals surface area (Å²) in [6.07, 6.45) is 2.81. The van der Waals surface area contributed by atoms with Gasteiger partial charge in [0.05, 0.1) is 23.3 Å². The number of nitrogens with zero attached hydrogens (tertiary/aromatic N) is 1. The number of anilines is 2. The third kappa shape index (κ3) is 4.47. The molecule has 0 saturated heterocycles. The van der Waals surface area contributed by atoms with Crippen molar-refractivity contribution in [2.24, 2.45) is 0 Å². The zero-order valence-electron chi connectivity index (χ0n) is 15.3. The fourth-order valence-corrected chi connectivity index (χ4v) is 2.80. The Labute approximate surface area is 167 Å². The summed E-state index contributed by atoms with van der Waals surface area (Å²) in [5, 5.41) is 5.92. The number of aryl methyl sites for hydroxylation is 1. The Morgan fingerprint density at radius 2 is 1.64 bits per heavy atom. The monoisotopic (exact) mass is 395 g/mol. The fraction of sp³-hybridized carbons (Fsp3) is 0.0952. The van der Waals surface area contributed by atoms with Crippen molar-refractivity contribution in [1.29, 1.82) is 0 Å². The molecule has 0 aliphatic rings. The number of ether oxygens (including phenoxy) is 1. The number of aromatic nitrogens is 1. The molecule has 142 valence electrons. The van der Waals surface area contributed by atoms with Crippen LogP contribution in [0.1, 0.15) is 26.3 Å². The van der Waals surface area contributed by atoms with Gasteiger partial charge in [0.1, 0.15) is 5.75 Å². The van der Waals surface area contributed by atoms with Crippen molar-refractivity contribution in [3.05, 3.63) is 82.6 Å². The zero-order chi connectivity index (χ0) is 20.1. The van der Waals surface area contributed by atoms with E-state index < -0.39 is 5.91 Å². The molecule has 1 aromatic heterocycles. The van der Waals surface area contributed by atoms with Crippen LogP contribution in [0.3, 0.4) is 0 Å². The van der Waals surface area contributed by atoms with E-state index in [9.17, 15) is 9.59 Å². The number of carbonyl (C=O) groups is 2. The Balaban J connectivity index is 1.75. The molecule has 2 amide bonds. The lowest BCUT2D eigenvalue weighted by molar-refractivity contribution is 0.102. The molecule has 0 saturated carbocycles. The molecule has 0 aliphatic carbocycles. The SMILES string of the molecule is COc1ccc(NC(=O)c2cncc(C(=O)Nc3ccccc3C)c2)cc1Cl. The molecular formula is C21H18ClN3O3. The van der Waals surface area contributed by atoms with E-state index in [-0.39, 0.29) is 17.0 Å². The first-order chi connectivity index (χ1) is 13.5. The topological polar surface area (TPSA) is 80.3 Å². The summed E-state index contributed by atoms with van der Waals surface area (Å²) in [6.45, 7) is 1.90. The van der Waals surface area contributed by atoms with Gasteiger partial charge in [-0.15, -0.1) is 0 Å². The highest BCUT2D eigenvalue weighted by molar-refractivity contribution is 6.32.